The molecule has 2 amide bonds. The van der Waals surface area contributed by atoms with Gasteiger partial charge in [-0.2, -0.15) is 0 Å². The standard InChI is InChI=1S/C12H14N6O2/c1-17(2)10-5-3-9(4-6-10)15-11(19)12(20)16-18-7-13-14-8-18/h3-8H,1-2H3,(H,15,19)(H,16,20). The molecule has 0 radical (unpaired) electrons. The van der Waals surface area contributed by atoms with Crippen molar-refractivity contribution >= 4 is 23.2 Å². The van der Waals surface area contributed by atoms with Gasteiger partial charge in [-0.3, -0.25) is 15.0 Å². The van der Waals surface area contributed by atoms with Crippen LogP contribution >= 0.6 is 0 Å². The molecule has 0 aliphatic heterocycles. The average molecular weight is 274 g/mol. The van der Waals surface area contributed by atoms with Crippen LogP contribution in [0.4, 0.5) is 11.4 Å². The first-order chi connectivity index (χ1) is 9.56. The molecular formula is C12H14N6O2. The van der Waals surface area contributed by atoms with Crippen LogP contribution in [0.25, 0.3) is 0 Å². The van der Waals surface area contributed by atoms with E-state index in [0.717, 1.165) is 5.69 Å². The van der Waals surface area contributed by atoms with Crippen molar-refractivity contribution in [2.75, 3.05) is 29.7 Å². The van der Waals surface area contributed by atoms with Crippen LogP contribution in [0.3, 0.4) is 0 Å². The molecule has 0 fully saturated rings. The third-order valence-electron chi connectivity index (χ3n) is 2.50. The summed E-state index contributed by atoms with van der Waals surface area (Å²) in [5.74, 6) is -1.57. The van der Waals surface area contributed by atoms with E-state index in [2.05, 4.69) is 20.9 Å². The SMILES string of the molecule is CN(C)c1ccc(NC(=O)C(=O)Nn2cnnc2)cc1. The van der Waals surface area contributed by atoms with E-state index in [1.807, 2.05) is 31.1 Å². The zero-order chi connectivity index (χ0) is 14.5. The lowest BCUT2D eigenvalue weighted by Crippen LogP contribution is -2.33. The number of amides is 2. The molecule has 2 N–H and O–H groups in total. The Labute approximate surface area is 115 Å². The fraction of sp³-hybridized carbons (Fsp3) is 0.167. The second-order valence-corrected chi connectivity index (χ2v) is 4.21. The molecule has 20 heavy (non-hydrogen) atoms. The van der Waals surface area contributed by atoms with Crippen molar-refractivity contribution in [3.05, 3.63) is 36.9 Å². The first-order valence-electron chi connectivity index (χ1n) is 5.80. The highest BCUT2D eigenvalue weighted by Crippen LogP contribution is 2.15. The highest BCUT2D eigenvalue weighted by Gasteiger charge is 2.14. The number of anilines is 2. The van der Waals surface area contributed by atoms with Gasteiger partial charge >= 0.3 is 11.8 Å². The molecule has 2 aromatic rings. The quantitative estimate of drug-likeness (QED) is 0.772. The molecule has 0 bridgehead atoms. The molecular weight excluding hydrogens is 260 g/mol. The molecule has 0 unspecified atom stereocenters. The summed E-state index contributed by atoms with van der Waals surface area (Å²) in [6, 6.07) is 7.12. The number of aromatic nitrogens is 3. The number of hydrogen-bond acceptors (Lipinski definition) is 5. The summed E-state index contributed by atoms with van der Waals surface area (Å²) in [4.78, 5) is 25.2. The maximum absolute atomic E-state index is 11.7. The third kappa shape index (κ3) is 3.31. The summed E-state index contributed by atoms with van der Waals surface area (Å²) in [7, 11) is 3.83. The molecule has 8 nitrogen and oxygen atoms in total. The molecule has 8 heteroatoms. The van der Waals surface area contributed by atoms with E-state index in [9.17, 15) is 9.59 Å². The Morgan fingerprint density at radius 3 is 2.20 bits per heavy atom. The van der Waals surface area contributed by atoms with Crippen LogP contribution in [0, 0.1) is 0 Å². The van der Waals surface area contributed by atoms with Gasteiger partial charge in [-0.05, 0) is 24.3 Å². The lowest BCUT2D eigenvalue weighted by Gasteiger charge is -2.13. The molecule has 1 heterocycles. The van der Waals surface area contributed by atoms with Crippen LogP contribution in [0.2, 0.25) is 0 Å². The second-order valence-electron chi connectivity index (χ2n) is 4.21. The summed E-state index contributed by atoms with van der Waals surface area (Å²) < 4.78 is 1.19. The van der Waals surface area contributed by atoms with Gasteiger partial charge in [0.05, 0.1) is 0 Å². The molecule has 0 spiro atoms. The Kier molecular flexibility index (Phi) is 3.94. The largest absolute Gasteiger partial charge is 0.378 e. The van der Waals surface area contributed by atoms with Gasteiger partial charge in [0, 0.05) is 25.5 Å². The molecule has 104 valence electrons. The molecule has 0 aliphatic rings. The summed E-state index contributed by atoms with van der Waals surface area (Å²) >= 11 is 0. The van der Waals surface area contributed by atoms with E-state index in [0.29, 0.717) is 5.69 Å². The number of carbonyl (C=O) groups excluding carboxylic acids is 2. The van der Waals surface area contributed by atoms with Gasteiger partial charge in [0.15, 0.2) is 0 Å². The summed E-state index contributed by atoms with van der Waals surface area (Å²) in [5, 5.41) is 9.51. The maximum Gasteiger partial charge on any atom is 0.328 e. The Hall–Kier alpha value is -2.90. The van der Waals surface area contributed by atoms with Gasteiger partial charge in [-0.25, -0.2) is 4.68 Å². The Balaban J connectivity index is 1.95. The van der Waals surface area contributed by atoms with Crippen molar-refractivity contribution in [2.24, 2.45) is 0 Å². The molecule has 1 aromatic carbocycles. The first kappa shape index (κ1) is 13.5. The normalized spacial score (nSPS) is 9.90. The molecule has 1 aromatic heterocycles. The van der Waals surface area contributed by atoms with E-state index in [1.165, 1.54) is 17.3 Å². The molecule has 0 saturated heterocycles. The van der Waals surface area contributed by atoms with Gasteiger partial charge < -0.3 is 10.2 Å². The monoisotopic (exact) mass is 274 g/mol. The summed E-state index contributed by atoms with van der Waals surface area (Å²) in [6.07, 6.45) is 2.55. The summed E-state index contributed by atoms with van der Waals surface area (Å²) in [5.41, 5.74) is 3.84. The predicted molar refractivity (Wildman–Crippen MR) is 73.8 cm³/mol. The van der Waals surface area contributed by atoms with Crippen molar-refractivity contribution in [2.45, 2.75) is 0 Å². The molecule has 0 aliphatic carbocycles. The van der Waals surface area contributed by atoms with Crippen LogP contribution in [0.5, 0.6) is 0 Å². The van der Waals surface area contributed by atoms with Gasteiger partial charge in [0.1, 0.15) is 12.7 Å². The van der Waals surface area contributed by atoms with Crippen LogP contribution in [-0.4, -0.2) is 40.8 Å². The van der Waals surface area contributed by atoms with E-state index >= 15 is 0 Å². The zero-order valence-electron chi connectivity index (χ0n) is 11.1. The van der Waals surface area contributed by atoms with Crippen molar-refractivity contribution < 1.29 is 9.59 Å². The molecule has 0 saturated carbocycles. The number of hydrogen-bond donors (Lipinski definition) is 2. The number of nitrogens with one attached hydrogen (secondary N) is 2. The van der Waals surface area contributed by atoms with Gasteiger partial charge in [-0.15, -0.1) is 10.2 Å². The highest BCUT2D eigenvalue weighted by molar-refractivity contribution is 6.42. The van der Waals surface area contributed by atoms with Gasteiger partial charge in [0.2, 0.25) is 0 Å². The molecule has 2 rings (SSSR count). The van der Waals surface area contributed by atoms with E-state index < -0.39 is 11.8 Å². The van der Waals surface area contributed by atoms with Crippen LogP contribution in [0.15, 0.2) is 36.9 Å². The minimum Gasteiger partial charge on any atom is -0.378 e. The van der Waals surface area contributed by atoms with Crippen LogP contribution < -0.4 is 15.6 Å². The van der Waals surface area contributed by atoms with E-state index in [4.69, 9.17) is 0 Å². The third-order valence-corrected chi connectivity index (χ3v) is 2.50. The first-order valence-corrected chi connectivity index (χ1v) is 5.80. The highest BCUT2D eigenvalue weighted by atomic mass is 16.2. The fourth-order valence-electron chi connectivity index (χ4n) is 1.46. The Morgan fingerprint density at radius 2 is 1.65 bits per heavy atom. The van der Waals surface area contributed by atoms with Crippen molar-refractivity contribution in [3.63, 3.8) is 0 Å². The van der Waals surface area contributed by atoms with Gasteiger partial charge in [-0.1, -0.05) is 0 Å². The lowest BCUT2D eigenvalue weighted by molar-refractivity contribution is -0.133. The van der Waals surface area contributed by atoms with E-state index in [-0.39, 0.29) is 0 Å². The number of benzene rings is 1. The lowest BCUT2D eigenvalue weighted by atomic mass is 10.2. The number of nitrogens with zero attached hydrogens (tertiary/aromatic N) is 4. The minimum atomic E-state index is -0.804. The molecule has 0 atom stereocenters. The van der Waals surface area contributed by atoms with Crippen molar-refractivity contribution in [1.29, 1.82) is 0 Å². The second kappa shape index (κ2) is 5.83. The average Bonchev–Trinajstić information content (AvgIpc) is 2.92. The fourth-order valence-corrected chi connectivity index (χ4v) is 1.46. The van der Waals surface area contributed by atoms with Crippen LogP contribution in [0.1, 0.15) is 0 Å². The maximum atomic E-state index is 11.7. The Morgan fingerprint density at radius 1 is 1.05 bits per heavy atom. The minimum absolute atomic E-state index is 0.541. The van der Waals surface area contributed by atoms with Crippen molar-refractivity contribution in [1.82, 2.24) is 14.9 Å². The number of rotatable bonds is 3. The Bertz CT molecular complexity index is 591. The zero-order valence-corrected chi connectivity index (χ0v) is 11.1. The van der Waals surface area contributed by atoms with Gasteiger partial charge in [0.25, 0.3) is 0 Å². The predicted octanol–water partition coefficient (Wildman–Crippen LogP) is 0.0529. The smallest absolute Gasteiger partial charge is 0.328 e. The topological polar surface area (TPSA) is 92.2 Å². The van der Waals surface area contributed by atoms with E-state index in [1.54, 1.807) is 12.1 Å². The van der Waals surface area contributed by atoms with Crippen molar-refractivity contribution in [3.8, 4) is 0 Å². The summed E-state index contributed by atoms with van der Waals surface area (Å²) in [6.45, 7) is 0. The number of carbonyl (C=O) groups is 2. The van der Waals surface area contributed by atoms with Crippen LogP contribution in [-0.2, 0) is 9.59 Å².